The molecule has 1 N–H and O–H groups in total. The molecular weight excluding hydrogens is 346 g/mol. The highest BCUT2D eigenvalue weighted by Crippen LogP contribution is 2.38. The Balaban J connectivity index is 1.62. The Bertz CT molecular complexity index is 780. The van der Waals surface area contributed by atoms with Gasteiger partial charge in [-0.25, -0.2) is 4.98 Å². The van der Waals surface area contributed by atoms with Gasteiger partial charge in [0.15, 0.2) is 16.6 Å². The minimum atomic E-state index is -0.576. The molecule has 3 unspecified atom stereocenters. The van der Waals surface area contributed by atoms with Gasteiger partial charge in [0, 0.05) is 13.0 Å². The topological polar surface area (TPSA) is 83.3 Å². The average Bonchev–Trinajstić information content (AvgIpc) is 3.11. The molecule has 0 aromatic carbocycles. The van der Waals surface area contributed by atoms with Gasteiger partial charge in [-0.05, 0) is 20.3 Å². The van der Waals surface area contributed by atoms with Crippen molar-refractivity contribution in [1.29, 1.82) is 0 Å². The molecule has 0 spiro atoms. The molecule has 2 aliphatic rings. The number of halogens is 1. The van der Waals surface area contributed by atoms with E-state index in [0.29, 0.717) is 35.3 Å². The Morgan fingerprint density at radius 1 is 1.32 bits per heavy atom. The van der Waals surface area contributed by atoms with E-state index >= 15 is 0 Å². The van der Waals surface area contributed by atoms with Gasteiger partial charge in [0.1, 0.15) is 17.8 Å². The zero-order valence-corrected chi connectivity index (χ0v) is 15.3. The predicted octanol–water partition coefficient (Wildman–Crippen LogP) is 2.74. The molecular formula is C16H22ClN5O3. The van der Waals surface area contributed by atoms with Crippen LogP contribution < -0.4 is 5.32 Å². The first kappa shape index (κ1) is 17.0. The number of ether oxygens (including phenoxy) is 3. The molecule has 0 bridgehead atoms. The van der Waals surface area contributed by atoms with E-state index in [1.807, 2.05) is 18.4 Å². The molecule has 2 fully saturated rings. The van der Waals surface area contributed by atoms with E-state index in [-0.39, 0.29) is 18.4 Å². The van der Waals surface area contributed by atoms with Gasteiger partial charge in [-0.15, -0.1) is 0 Å². The van der Waals surface area contributed by atoms with Gasteiger partial charge >= 0.3 is 0 Å². The van der Waals surface area contributed by atoms with Crippen molar-refractivity contribution in [2.75, 3.05) is 18.5 Å². The molecule has 8 nitrogen and oxygen atoms in total. The van der Waals surface area contributed by atoms with Crippen LogP contribution in [0, 0.1) is 0 Å². The molecule has 0 aliphatic carbocycles. The van der Waals surface area contributed by atoms with Gasteiger partial charge in [-0.3, -0.25) is 4.57 Å². The number of imidazole rings is 1. The summed E-state index contributed by atoms with van der Waals surface area (Å²) in [5.74, 6) is -0.0794. The molecule has 0 saturated carbocycles. The van der Waals surface area contributed by atoms with Crippen LogP contribution in [-0.4, -0.2) is 50.7 Å². The van der Waals surface area contributed by atoms with Crippen molar-refractivity contribution >= 4 is 28.7 Å². The standard InChI is InChI=1S/C16H22ClN5O3/c1-4-5-18-15-20-13(17)12-14(21-15)22(8-19-12)11-6-9-10(7-23-11)25-16(2,3)24-9/h8-11H,4-7H2,1-3H3,(H,18,20,21). The SMILES string of the molecule is CCCNc1nc(Cl)c2ncn(C3CC4OC(C)(C)OC4CO3)c2n1. The molecule has 4 heterocycles. The average molecular weight is 368 g/mol. The summed E-state index contributed by atoms with van der Waals surface area (Å²) in [7, 11) is 0. The van der Waals surface area contributed by atoms with Crippen LogP contribution in [-0.2, 0) is 14.2 Å². The fourth-order valence-corrected chi connectivity index (χ4v) is 3.54. The second kappa shape index (κ2) is 6.35. The zero-order valence-electron chi connectivity index (χ0n) is 14.5. The largest absolute Gasteiger partial charge is 0.355 e. The van der Waals surface area contributed by atoms with Crippen molar-refractivity contribution in [1.82, 2.24) is 19.5 Å². The van der Waals surface area contributed by atoms with E-state index in [9.17, 15) is 0 Å². The Kier molecular flexibility index (Phi) is 4.31. The molecule has 2 saturated heterocycles. The maximum atomic E-state index is 6.27. The highest BCUT2D eigenvalue weighted by molar-refractivity contribution is 6.33. The summed E-state index contributed by atoms with van der Waals surface area (Å²) >= 11 is 6.27. The lowest BCUT2D eigenvalue weighted by atomic mass is 10.1. The quantitative estimate of drug-likeness (QED) is 0.832. The van der Waals surface area contributed by atoms with Crippen LogP contribution >= 0.6 is 11.6 Å². The van der Waals surface area contributed by atoms with E-state index in [0.717, 1.165) is 13.0 Å². The number of nitrogens with one attached hydrogen (secondary N) is 1. The summed E-state index contributed by atoms with van der Waals surface area (Å²) < 4.78 is 19.7. The molecule has 136 valence electrons. The van der Waals surface area contributed by atoms with Gasteiger partial charge in [-0.1, -0.05) is 18.5 Å². The van der Waals surface area contributed by atoms with Crippen LogP contribution in [0.2, 0.25) is 5.15 Å². The summed E-state index contributed by atoms with van der Waals surface area (Å²) in [5, 5.41) is 3.49. The number of hydrogen-bond acceptors (Lipinski definition) is 7. The third-order valence-corrected chi connectivity index (χ3v) is 4.66. The Morgan fingerprint density at radius 3 is 2.92 bits per heavy atom. The maximum Gasteiger partial charge on any atom is 0.226 e. The predicted molar refractivity (Wildman–Crippen MR) is 92.5 cm³/mol. The number of hydrogen-bond donors (Lipinski definition) is 1. The van der Waals surface area contributed by atoms with Crippen molar-refractivity contribution in [3.63, 3.8) is 0 Å². The molecule has 2 aromatic heterocycles. The highest BCUT2D eigenvalue weighted by Gasteiger charge is 2.45. The fraction of sp³-hybridized carbons (Fsp3) is 0.688. The molecule has 2 aliphatic heterocycles. The number of anilines is 1. The van der Waals surface area contributed by atoms with Gasteiger partial charge in [0.25, 0.3) is 0 Å². The second-order valence-corrected chi connectivity index (χ2v) is 7.18. The first-order chi connectivity index (χ1) is 12.0. The van der Waals surface area contributed by atoms with Crippen LogP contribution in [0.5, 0.6) is 0 Å². The van der Waals surface area contributed by atoms with E-state index in [1.54, 1.807) is 6.33 Å². The van der Waals surface area contributed by atoms with E-state index < -0.39 is 5.79 Å². The summed E-state index contributed by atoms with van der Waals surface area (Å²) in [6.07, 6.45) is 3.05. The van der Waals surface area contributed by atoms with E-state index in [1.165, 1.54) is 0 Å². The fourth-order valence-electron chi connectivity index (χ4n) is 3.33. The van der Waals surface area contributed by atoms with Crippen molar-refractivity contribution in [2.24, 2.45) is 0 Å². The lowest BCUT2D eigenvalue weighted by molar-refractivity contribution is -0.146. The molecule has 25 heavy (non-hydrogen) atoms. The summed E-state index contributed by atoms with van der Waals surface area (Å²) in [6.45, 7) is 7.17. The van der Waals surface area contributed by atoms with Gasteiger partial charge < -0.3 is 19.5 Å². The maximum absolute atomic E-state index is 6.27. The Labute approximate surface area is 150 Å². The molecule has 2 aromatic rings. The van der Waals surface area contributed by atoms with Gasteiger partial charge in [-0.2, -0.15) is 9.97 Å². The first-order valence-electron chi connectivity index (χ1n) is 8.58. The van der Waals surface area contributed by atoms with Crippen molar-refractivity contribution in [3.8, 4) is 0 Å². The minimum absolute atomic E-state index is 0.0128. The van der Waals surface area contributed by atoms with Gasteiger partial charge in [0.05, 0.1) is 19.0 Å². The Morgan fingerprint density at radius 2 is 2.12 bits per heavy atom. The first-order valence-corrected chi connectivity index (χ1v) is 8.96. The Hall–Kier alpha value is -1.48. The lowest BCUT2D eigenvalue weighted by Crippen LogP contribution is -2.37. The minimum Gasteiger partial charge on any atom is -0.355 e. The number of fused-ring (bicyclic) bond motifs is 2. The summed E-state index contributed by atoms with van der Waals surface area (Å²) in [4.78, 5) is 13.2. The van der Waals surface area contributed by atoms with Crippen molar-refractivity contribution < 1.29 is 14.2 Å². The number of rotatable bonds is 4. The molecule has 0 amide bonds. The summed E-state index contributed by atoms with van der Waals surface area (Å²) in [6, 6.07) is 0. The van der Waals surface area contributed by atoms with Crippen LogP contribution in [0.3, 0.4) is 0 Å². The molecule has 4 rings (SSSR count). The van der Waals surface area contributed by atoms with Crippen LogP contribution in [0.15, 0.2) is 6.33 Å². The number of nitrogens with zero attached hydrogens (tertiary/aromatic N) is 4. The third kappa shape index (κ3) is 3.19. The van der Waals surface area contributed by atoms with Gasteiger partial charge in [0.2, 0.25) is 5.95 Å². The zero-order chi connectivity index (χ0) is 17.6. The molecule has 0 radical (unpaired) electrons. The monoisotopic (exact) mass is 367 g/mol. The van der Waals surface area contributed by atoms with E-state index in [2.05, 4.69) is 27.2 Å². The van der Waals surface area contributed by atoms with Crippen molar-refractivity contribution in [2.45, 2.75) is 57.8 Å². The number of aromatic nitrogens is 4. The van der Waals surface area contributed by atoms with Crippen LogP contribution in [0.1, 0.15) is 39.8 Å². The van der Waals surface area contributed by atoms with Crippen LogP contribution in [0.25, 0.3) is 11.2 Å². The molecule has 9 heteroatoms. The van der Waals surface area contributed by atoms with Crippen molar-refractivity contribution in [3.05, 3.63) is 11.5 Å². The smallest absolute Gasteiger partial charge is 0.226 e. The normalized spacial score (nSPS) is 28.2. The van der Waals surface area contributed by atoms with Crippen LogP contribution in [0.4, 0.5) is 5.95 Å². The molecule has 3 atom stereocenters. The highest BCUT2D eigenvalue weighted by atomic mass is 35.5. The third-order valence-electron chi connectivity index (χ3n) is 4.39. The van der Waals surface area contributed by atoms with E-state index in [4.69, 9.17) is 25.8 Å². The lowest BCUT2D eigenvalue weighted by Gasteiger charge is -2.30. The summed E-state index contributed by atoms with van der Waals surface area (Å²) in [5.41, 5.74) is 1.22. The second-order valence-electron chi connectivity index (χ2n) is 6.82.